The predicted molar refractivity (Wildman–Crippen MR) is 75.4 cm³/mol. The Morgan fingerprint density at radius 3 is 2.95 bits per heavy atom. The summed E-state index contributed by atoms with van der Waals surface area (Å²) in [6.45, 7) is 5.72. The molecular formula is C12H21N3O3S. The number of nitrogens with two attached hydrogens (primary N) is 1. The second kappa shape index (κ2) is 6.83. The molecular weight excluding hydrogens is 266 g/mol. The molecule has 0 radical (unpaired) electrons. The number of carboxylic acids is 1. The molecule has 0 spiro atoms. The van der Waals surface area contributed by atoms with Gasteiger partial charge in [0.15, 0.2) is 5.13 Å². The maximum Gasteiger partial charge on any atom is 0.326 e. The Morgan fingerprint density at radius 2 is 2.37 bits per heavy atom. The number of rotatable bonds is 8. The van der Waals surface area contributed by atoms with Crippen LogP contribution in [0.2, 0.25) is 0 Å². The van der Waals surface area contributed by atoms with E-state index in [0.717, 1.165) is 13.0 Å². The minimum absolute atomic E-state index is 0.0801. The van der Waals surface area contributed by atoms with Crippen LogP contribution in [-0.2, 0) is 9.53 Å². The largest absolute Gasteiger partial charge is 0.480 e. The third-order valence-electron chi connectivity index (χ3n) is 2.81. The maximum absolute atomic E-state index is 10.7. The van der Waals surface area contributed by atoms with Gasteiger partial charge in [0.05, 0.1) is 5.69 Å². The average Bonchev–Trinajstić information content (AvgIpc) is 2.82. The topological polar surface area (TPSA) is 97.5 Å². The normalized spacial score (nSPS) is 13.3. The predicted octanol–water partition coefficient (Wildman–Crippen LogP) is 1.70. The van der Waals surface area contributed by atoms with Gasteiger partial charge in [0.2, 0.25) is 0 Å². The van der Waals surface area contributed by atoms with Crippen molar-refractivity contribution in [3.05, 3.63) is 11.1 Å². The Hall–Kier alpha value is -1.18. The van der Waals surface area contributed by atoms with E-state index in [0.29, 0.717) is 17.4 Å². The number of anilines is 1. The number of ether oxygens (including phenoxy) is 1. The molecule has 6 nitrogen and oxygen atoms in total. The summed E-state index contributed by atoms with van der Waals surface area (Å²) >= 11 is 1.36. The number of carbonyl (C=O) groups is 1. The summed E-state index contributed by atoms with van der Waals surface area (Å²) < 4.78 is 5.07. The number of hydrogen-bond donors (Lipinski definition) is 3. The van der Waals surface area contributed by atoms with E-state index >= 15 is 0 Å². The first-order chi connectivity index (χ1) is 8.85. The summed E-state index contributed by atoms with van der Waals surface area (Å²) in [5.74, 6) is -1.07. The van der Waals surface area contributed by atoms with E-state index in [9.17, 15) is 4.79 Å². The van der Waals surface area contributed by atoms with Gasteiger partial charge in [0.1, 0.15) is 6.04 Å². The van der Waals surface area contributed by atoms with Crippen molar-refractivity contribution in [1.29, 1.82) is 0 Å². The second-order valence-corrected chi connectivity index (χ2v) is 6.01. The smallest absolute Gasteiger partial charge is 0.326 e. The van der Waals surface area contributed by atoms with E-state index in [-0.39, 0.29) is 5.41 Å². The second-order valence-electron chi connectivity index (χ2n) is 5.15. The number of methoxy groups -OCH3 is 1. The van der Waals surface area contributed by atoms with Gasteiger partial charge in [0.25, 0.3) is 0 Å². The van der Waals surface area contributed by atoms with Gasteiger partial charge < -0.3 is 20.9 Å². The lowest BCUT2D eigenvalue weighted by molar-refractivity contribution is -0.138. The van der Waals surface area contributed by atoms with Gasteiger partial charge >= 0.3 is 5.97 Å². The maximum atomic E-state index is 10.7. The molecule has 7 heteroatoms. The van der Waals surface area contributed by atoms with Gasteiger partial charge in [0, 0.05) is 25.6 Å². The molecule has 0 fully saturated rings. The van der Waals surface area contributed by atoms with Crippen LogP contribution < -0.4 is 11.1 Å². The molecule has 4 N–H and O–H groups in total. The summed E-state index contributed by atoms with van der Waals surface area (Å²) in [4.78, 5) is 14.9. The van der Waals surface area contributed by atoms with Crippen LogP contribution in [0.15, 0.2) is 5.38 Å². The van der Waals surface area contributed by atoms with Gasteiger partial charge in [-0.3, -0.25) is 4.79 Å². The van der Waals surface area contributed by atoms with Crippen molar-refractivity contribution in [3.63, 3.8) is 0 Å². The lowest BCUT2D eigenvalue weighted by atomic mass is 9.90. The van der Waals surface area contributed by atoms with Crippen molar-refractivity contribution in [2.45, 2.75) is 26.3 Å². The molecule has 1 aromatic heterocycles. The third-order valence-corrected chi connectivity index (χ3v) is 3.63. The zero-order valence-corrected chi connectivity index (χ0v) is 12.3. The Kier molecular flexibility index (Phi) is 5.71. The number of aliphatic carboxylic acids is 1. The summed E-state index contributed by atoms with van der Waals surface area (Å²) in [7, 11) is 1.68. The van der Waals surface area contributed by atoms with Crippen molar-refractivity contribution >= 4 is 22.4 Å². The molecule has 0 saturated carbocycles. The molecule has 0 aliphatic rings. The highest BCUT2D eigenvalue weighted by Crippen LogP contribution is 2.24. The molecule has 0 aliphatic carbocycles. The van der Waals surface area contributed by atoms with Crippen molar-refractivity contribution in [1.82, 2.24) is 4.98 Å². The molecule has 0 aromatic carbocycles. The summed E-state index contributed by atoms with van der Waals surface area (Å²) in [6, 6.07) is -1.06. The zero-order chi connectivity index (χ0) is 14.5. The first-order valence-electron chi connectivity index (χ1n) is 6.02. The van der Waals surface area contributed by atoms with Crippen molar-refractivity contribution < 1.29 is 14.6 Å². The SMILES string of the molecule is COCCC(C)(C)CNc1nc(C(N)C(=O)O)cs1. The lowest BCUT2D eigenvalue weighted by Crippen LogP contribution is -2.25. The van der Waals surface area contributed by atoms with E-state index in [2.05, 4.69) is 24.1 Å². The Bertz CT molecular complexity index is 420. The molecule has 0 amide bonds. The number of nitrogens with zero attached hydrogens (tertiary/aromatic N) is 1. The lowest BCUT2D eigenvalue weighted by Gasteiger charge is -2.24. The van der Waals surface area contributed by atoms with Crippen molar-refractivity contribution in [3.8, 4) is 0 Å². The van der Waals surface area contributed by atoms with Gasteiger partial charge in [-0.05, 0) is 11.8 Å². The van der Waals surface area contributed by atoms with Gasteiger partial charge in [-0.15, -0.1) is 11.3 Å². The van der Waals surface area contributed by atoms with Gasteiger partial charge in [-0.1, -0.05) is 13.8 Å². The summed E-state index contributed by atoms with van der Waals surface area (Å²) in [6.07, 6.45) is 0.934. The van der Waals surface area contributed by atoms with Crippen LogP contribution in [0.5, 0.6) is 0 Å². The molecule has 0 aliphatic heterocycles. The minimum atomic E-state index is -1.07. The van der Waals surface area contributed by atoms with E-state index < -0.39 is 12.0 Å². The number of nitrogens with one attached hydrogen (secondary N) is 1. The molecule has 0 saturated heterocycles. The van der Waals surface area contributed by atoms with E-state index in [1.807, 2.05) is 0 Å². The number of aromatic nitrogens is 1. The van der Waals surface area contributed by atoms with Crippen LogP contribution >= 0.6 is 11.3 Å². The first kappa shape index (κ1) is 15.9. The number of carboxylic acid groups (broad SMARTS) is 1. The standard InChI is InChI=1S/C12H21N3O3S/c1-12(2,4-5-18-3)7-14-11-15-8(6-19-11)9(13)10(16)17/h6,9H,4-5,7,13H2,1-3H3,(H,14,15)(H,16,17). The first-order valence-corrected chi connectivity index (χ1v) is 6.90. The Labute approximate surface area is 117 Å². The molecule has 1 rings (SSSR count). The molecule has 1 heterocycles. The average molecular weight is 287 g/mol. The monoisotopic (exact) mass is 287 g/mol. The summed E-state index contributed by atoms with van der Waals surface area (Å²) in [5.41, 5.74) is 5.96. The van der Waals surface area contributed by atoms with Gasteiger partial charge in [-0.2, -0.15) is 0 Å². The minimum Gasteiger partial charge on any atom is -0.480 e. The van der Waals surface area contributed by atoms with Crippen molar-refractivity contribution in [2.75, 3.05) is 25.6 Å². The third kappa shape index (κ3) is 5.14. The van der Waals surface area contributed by atoms with E-state index in [1.54, 1.807) is 12.5 Å². The summed E-state index contributed by atoms with van der Waals surface area (Å²) in [5, 5.41) is 14.4. The van der Waals surface area contributed by atoms with E-state index in [1.165, 1.54) is 11.3 Å². The van der Waals surface area contributed by atoms with Crippen LogP contribution in [0.3, 0.4) is 0 Å². The van der Waals surface area contributed by atoms with Crippen molar-refractivity contribution in [2.24, 2.45) is 11.1 Å². The Balaban J connectivity index is 2.52. The van der Waals surface area contributed by atoms with Crippen LogP contribution in [0.25, 0.3) is 0 Å². The fourth-order valence-corrected chi connectivity index (χ4v) is 2.16. The quantitative estimate of drug-likeness (QED) is 0.673. The number of thiazole rings is 1. The van der Waals surface area contributed by atoms with Crippen LogP contribution in [0, 0.1) is 5.41 Å². The highest BCUT2D eigenvalue weighted by molar-refractivity contribution is 7.13. The molecule has 1 aromatic rings. The number of hydrogen-bond acceptors (Lipinski definition) is 6. The van der Waals surface area contributed by atoms with Crippen LogP contribution in [0.1, 0.15) is 32.0 Å². The van der Waals surface area contributed by atoms with Crippen LogP contribution in [0.4, 0.5) is 5.13 Å². The Morgan fingerprint density at radius 1 is 1.68 bits per heavy atom. The van der Waals surface area contributed by atoms with E-state index in [4.69, 9.17) is 15.6 Å². The highest BCUT2D eigenvalue weighted by atomic mass is 32.1. The molecule has 0 bridgehead atoms. The molecule has 1 unspecified atom stereocenters. The molecule has 1 atom stereocenters. The fraction of sp³-hybridized carbons (Fsp3) is 0.667. The van der Waals surface area contributed by atoms with Gasteiger partial charge in [-0.25, -0.2) is 4.98 Å². The molecule has 19 heavy (non-hydrogen) atoms. The fourth-order valence-electron chi connectivity index (χ4n) is 1.42. The molecule has 108 valence electrons. The zero-order valence-electron chi connectivity index (χ0n) is 11.5. The highest BCUT2D eigenvalue weighted by Gasteiger charge is 2.20. The van der Waals surface area contributed by atoms with Crippen LogP contribution in [-0.4, -0.2) is 36.3 Å².